The first kappa shape index (κ1) is 11.8. The highest BCUT2D eigenvalue weighted by Crippen LogP contribution is 2.25. The molecule has 0 saturated carbocycles. The van der Waals surface area contributed by atoms with Crippen LogP contribution in [0.4, 0.5) is 0 Å². The number of aliphatic hydroxyl groups excluding tert-OH is 1. The molecule has 88 valence electrons. The van der Waals surface area contributed by atoms with Crippen molar-refractivity contribution in [3.8, 4) is 0 Å². The van der Waals surface area contributed by atoms with Crippen molar-refractivity contribution in [3.63, 3.8) is 0 Å². The Kier molecular flexibility index (Phi) is 4.16. The van der Waals surface area contributed by atoms with Crippen molar-refractivity contribution >= 4 is 11.3 Å². The second-order valence-corrected chi connectivity index (χ2v) is 5.29. The van der Waals surface area contributed by atoms with Gasteiger partial charge in [-0.1, -0.05) is 25.1 Å². The van der Waals surface area contributed by atoms with E-state index in [1.54, 1.807) is 0 Å². The van der Waals surface area contributed by atoms with Crippen LogP contribution >= 0.6 is 11.3 Å². The fraction of sp³-hybridized carbons (Fsp3) is 0.538. The lowest BCUT2D eigenvalue weighted by molar-refractivity contribution is 0.244. The highest BCUT2D eigenvalue weighted by Gasteiger charge is 2.21. The van der Waals surface area contributed by atoms with Gasteiger partial charge in [0.1, 0.15) is 0 Å². The van der Waals surface area contributed by atoms with Gasteiger partial charge in [-0.2, -0.15) is 0 Å². The first-order valence-corrected chi connectivity index (χ1v) is 6.80. The quantitative estimate of drug-likeness (QED) is 0.772. The van der Waals surface area contributed by atoms with Gasteiger partial charge in [-0.05, 0) is 24.3 Å². The molecule has 2 nitrogen and oxygen atoms in total. The number of thiophene rings is 1. The minimum absolute atomic E-state index is 0.268. The first-order chi connectivity index (χ1) is 7.83. The molecule has 3 heteroatoms. The summed E-state index contributed by atoms with van der Waals surface area (Å²) in [6.07, 6.45) is 6.45. The third-order valence-corrected chi connectivity index (χ3v) is 4.10. The number of hydrogen-bond acceptors (Lipinski definition) is 3. The van der Waals surface area contributed by atoms with Crippen molar-refractivity contribution in [1.29, 1.82) is 0 Å². The first-order valence-electron chi connectivity index (χ1n) is 5.92. The van der Waals surface area contributed by atoms with Crippen LogP contribution in [0.15, 0.2) is 29.7 Å². The van der Waals surface area contributed by atoms with Crippen LogP contribution < -0.4 is 5.32 Å². The molecule has 1 aromatic heterocycles. The molecule has 0 aliphatic heterocycles. The molecule has 0 spiro atoms. The van der Waals surface area contributed by atoms with Gasteiger partial charge in [-0.15, -0.1) is 11.3 Å². The monoisotopic (exact) mass is 237 g/mol. The molecule has 0 fully saturated rings. The summed E-state index contributed by atoms with van der Waals surface area (Å²) in [5.74, 6) is 0.346. The third-order valence-electron chi connectivity index (χ3n) is 3.12. The van der Waals surface area contributed by atoms with Crippen molar-refractivity contribution in [2.24, 2.45) is 5.92 Å². The summed E-state index contributed by atoms with van der Waals surface area (Å²) in [6, 6.07) is 5.16. The van der Waals surface area contributed by atoms with Crippen LogP contribution in [0, 0.1) is 5.92 Å². The van der Waals surface area contributed by atoms with Crippen LogP contribution in [-0.2, 0) is 0 Å². The van der Waals surface area contributed by atoms with Gasteiger partial charge >= 0.3 is 0 Å². The van der Waals surface area contributed by atoms with Crippen LogP contribution in [0.5, 0.6) is 0 Å². The van der Waals surface area contributed by atoms with E-state index in [2.05, 4.69) is 41.9 Å². The van der Waals surface area contributed by atoms with E-state index in [1.807, 2.05) is 11.3 Å². The van der Waals surface area contributed by atoms with E-state index < -0.39 is 0 Å². The van der Waals surface area contributed by atoms with Crippen LogP contribution in [0.25, 0.3) is 0 Å². The molecular weight excluding hydrogens is 218 g/mol. The molecule has 1 aliphatic rings. The molecule has 16 heavy (non-hydrogen) atoms. The summed E-state index contributed by atoms with van der Waals surface area (Å²) in [6.45, 7) is 2.48. The van der Waals surface area contributed by atoms with E-state index in [-0.39, 0.29) is 6.61 Å². The van der Waals surface area contributed by atoms with Crippen molar-refractivity contribution in [1.82, 2.24) is 5.32 Å². The molecule has 1 heterocycles. The van der Waals surface area contributed by atoms with E-state index >= 15 is 0 Å². The standard InChI is InChI=1S/C13H19NOS/c1-2-12(13-4-3-7-16-13)14-11-6-5-10(8-11)9-15/h3-7,10-12,14-15H,2,8-9H2,1H3/t10-,11+,12?/m0/s1. The Morgan fingerprint density at radius 1 is 1.56 bits per heavy atom. The van der Waals surface area contributed by atoms with Gasteiger partial charge in [-0.3, -0.25) is 0 Å². The Bertz CT molecular complexity index is 334. The van der Waals surface area contributed by atoms with Crippen LogP contribution in [-0.4, -0.2) is 17.8 Å². The summed E-state index contributed by atoms with van der Waals surface area (Å²) < 4.78 is 0. The summed E-state index contributed by atoms with van der Waals surface area (Å²) in [7, 11) is 0. The lowest BCUT2D eigenvalue weighted by Gasteiger charge is -2.20. The number of hydrogen-bond donors (Lipinski definition) is 2. The average Bonchev–Trinajstić information content (AvgIpc) is 2.96. The minimum atomic E-state index is 0.268. The summed E-state index contributed by atoms with van der Waals surface area (Å²) in [5.41, 5.74) is 0. The van der Waals surface area contributed by atoms with Gasteiger partial charge in [0, 0.05) is 29.5 Å². The number of aliphatic hydroxyl groups is 1. The topological polar surface area (TPSA) is 32.3 Å². The molecular formula is C13H19NOS. The Balaban J connectivity index is 1.91. The zero-order valence-corrected chi connectivity index (χ0v) is 10.4. The molecule has 0 radical (unpaired) electrons. The van der Waals surface area contributed by atoms with Gasteiger partial charge in [-0.25, -0.2) is 0 Å². The zero-order valence-electron chi connectivity index (χ0n) is 9.60. The van der Waals surface area contributed by atoms with Gasteiger partial charge in [0.2, 0.25) is 0 Å². The van der Waals surface area contributed by atoms with Gasteiger partial charge < -0.3 is 10.4 Å². The summed E-state index contributed by atoms with van der Waals surface area (Å²) in [4.78, 5) is 1.41. The van der Waals surface area contributed by atoms with Crippen LogP contribution in [0.1, 0.15) is 30.7 Å². The molecule has 3 atom stereocenters. The molecule has 0 aromatic carbocycles. The predicted octanol–water partition coefficient (Wildman–Crippen LogP) is 2.73. The second kappa shape index (κ2) is 5.62. The average molecular weight is 237 g/mol. The summed E-state index contributed by atoms with van der Waals surface area (Å²) in [5, 5.41) is 14.9. The Morgan fingerprint density at radius 2 is 2.44 bits per heavy atom. The SMILES string of the molecule is CCC(N[C@@H]1C=C[C@H](CO)C1)c1cccs1. The maximum absolute atomic E-state index is 9.08. The van der Waals surface area contributed by atoms with Crippen LogP contribution in [0.2, 0.25) is 0 Å². The minimum Gasteiger partial charge on any atom is -0.396 e. The molecule has 2 rings (SSSR count). The van der Waals surface area contributed by atoms with E-state index in [4.69, 9.17) is 5.11 Å². The molecule has 0 amide bonds. The lowest BCUT2D eigenvalue weighted by atomic mass is 10.1. The molecule has 0 saturated heterocycles. The van der Waals surface area contributed by atoms with Crippen molar-refractivity contribution < 1.29 is 5.11 Å². The van der Waals surface area contributed by atoms with Crippen molar-refractivity contribution in [3.05, 3.63) is 34.5 Å². The van der Waals surface area contributed by atoms with Gasteiger partial charge in [0.25, 0.3) is 0 Å². The van der Waals surface area contributed by atoms with E-state index in [0.717, 1.165) is 12.8 Å². The zero-order chi connectivity index (χ0) is 11.4. The van der Waals surface area contributed by atoms with E-state index in [9.17, 15) is 0 Å². The maximum Gasteiger partial charge on any atom is 0.0494 e. The van der Waals surface area contributed by atoms with Gasteiger partial charge in [0.15, 0.2) is 0 Å². The van der Waals surface area contributed by atoms with Crippen LogP contribution in [0.3, 0.4) is 0 Å². The highest BCUT2D eigenvalue weighted by atomic mass is 32.1. The molecule has 2 N–H and O–H groups in total. The second-order valence-electron chi connectivity index (χ2n) is 4.31. The molecule has 1 aromatic rings. The fourth-order valence-corrected chi connectivity index (χ4v) is 3.05. The van der Waals surface area contributed by atoms with E-state index in [0.29, 0.717) is 18.0 Å². The summed E-state index contributed by atoms with van der Waals surface area (Å²) >= 11 is 1.81. The Hall–Kier alpha value is -0.640. The fourth-order valence-electron chi connectivity index (χ4n) is 2.18. The maximum atomic E-state index is 9.08. The van der Waals surface area contributed by atoms with E-state index in [1.165, 1.54) is 4.88 Å². The smallest absolute Gasteiger partial charge is 0.0494 e. The predicted molar refractivity (Wildman–Crippen MR) is 68.6 cm³/mol. The highest BCUT2D eigenvalue weighted by molar-refractivity contribution is 7.10. The number of rotatable bonds is 5. The normalized spacial score (nSPS) is 26.1. The van der Waals surface area contributed by atoms with Gasteiger partial charge in [0.05, 0.1) is 0 Å². The molecule has 1 unspecified atom stereocenters. The van der Waals surface area contributed by atoms with Crippen molar-refractivity contribution in [2.75, 3.05) is 6.61 Å². The largest absolute Gasteiger partial charge is 0.396 e. The molecule has 1 aliphatic carbocycles. The molecule has 0 bridgehead atoms. The Morgan fingerprint density at radius 3 is 3.00 bits per heavy atom. The van der Waals surface area contributed by atoms with Crippen molar-refractivity contribution in [2.45, 2.75) is 31.8 Å². The number of nitrogens with one attached hydrogen (secondary N) is 1. The third kappa shape index (κ3) is 2.73. The Labute approximate surface area is 101 Å². The lowest BCUT2D eigenvalue weighted by Crippen LogP contribution is -2.30.